The second-order valence-electron chi connectivity index (χ2n) is 7.52. The Morgan fingerprint density at radius 3 is 2.52 bits per heavy atom. The van der Waals surface area contributed by atoms with Gasteiger partial charge >= 0.3 is 0 Å². The van der Waals surface area contributed by atoms with Gasteiger partial charge in [-0.3, -0.25) is 4.79 Å². The maximum absolute atomic E-state index is 12.4. The highest BCUT2D eigenvalue weighted by Gasteiger charge is 2.16. The molecule has 162 valence electrons. The first-order valence-electron chi connectivity index (χ1n) is 9.78. The molecule has 0 aliphatic heterocycles. The van der Waals surface area contributed by atoms with E-state index in [0.717, 1.165) is 17.0 Å². The largest absolute Gasteiger partial charge is 0.326 e. The van der Waals surface area contributed by atoms with Gasteiger partial charge in [-0.15, -0.1) is 0 Å². The Balaban J connectivity index is 1.68. The molecule has 0 radical (unpaired) electrons. The zero-order valence-electron chi connectivity index (χ0n) is 17.8. The number of nitrogens with one attached hydrogen (secondary N) is 2. The predicted octanol–water partition coefficient (Wildman–Crippen LogP) is 2.48. The normalized spacial score (nSPS) is 11.6. The molecule has 0 saturated heterocycles. The molecular weight excluding hydrogens is 416 g/mol. The van der Waals surface area contributed by atoms with Gasteiger partial charge in [0.2, 0.25) is 15.9 Å². The van der Waals surface area contributed by atoms with E-state index in [-0.39, 0.29) is 23.3 Å². The van der Waals surface area contributed by atoms with Gasteiger partial charge in [0.05, 0.1) is 11.1 Å². The molecule has 9 nitrogen and oxygen atoms in total. The second kappa shape index (κ2) is 8.83. The summed E-state index contributed by atoms with van der Waals surface area (Å²) in [6.45, 7) is 7.22. The molecule has 0 saturated carbocycles. The van der Waals surface area contributed by atoms with Crippen molar-refractivity contribution in [2.45, 2.75) is 51.5 Å². The molecule has 0 aliphatic rings. The van der Waals surface area contributed by atoms with E-state index < -0.39 is 10.0 Å². The van der Waals surface area contributed by atoms with Gasteiger partial charge in [0.15, 0.2) is 5.65 Å². The number of nitrogens with zero attached hydrogens (tertiary/aromatic N) is 4. The Morgan fingerprint density at radius 2 is 1.90 bits per heavy atom. The summed E-state index contributed by atoms with van der Waals surface area (Å²) >= 11 is 0. The number of aromatic nitrogens is 3. The molecule has 0 fully saturated rings. The van der Waals surface area contributed by atoms with Crippen LogP contribution in [0.2, 0.25) is 0 Å². The highest BCUT2D eigenvalue weighted by Crippen LogP contribution is 2.19. The lowest BCUT2D eigenvalue weighted by molar-refractivity contribution is -0.116. The summed E-state index contributed by atoms with van der Waals surface area (Å²) in [6, 6.07) is 7.89. The van der Waals surface area contributed by atoms with Crippen LogP contribution >= 0.6 is 0 Å². The van der Waals surface area contributed by atoms with Gasteiger partial charge in [0.25, 0.3) is 0 Å². The van der Waals surface area contributed by atoms with Crippen molar-refractivity contribution in [3.63, 3.8) is 0 Å². The van der Waals surface area contributed by atoms with E-state index in [4.69, 9.17) is 5.26 Å². The summed E-state index contributed by atoms with van der Waals surface area (Å²) in [4.78, 5) is 17.0. The summed E-state index contributed by atoms with van der Waals surface area (Å²) in [7, 11) is -3.58. The fourth-order valence-electron chi connectivity index (χ4n) is 3.31. The first-order valence-corrected chi connectivity index (χ1v) is 11.3. The van der Waals surface area contributed by atoms with Crippen molar-refractivity contribution in [3.8, 4) is 6.07 Å². The number of carbonyl (C=O) groups excluding carboxylic acids is 1. The van der Waals surface area contributed by atoms with Crippen LogP contribution < -0.4 is 10.0 Å². The fraction of sp³-hybridized carbons (Fsp3) is 0.333. The average molecular weight is 441 g/mol. The summed E-state index contributed by atoms with van der Waals surface area (Å²) < 4.78 is 28.5. The number of benzene rings is 1. The number of rotatable bonds is 7. The molecule has 2 aromatic heterocycles. The molecule has 2 heterocycles. The van der Waals surface area contributed by atoms with E-state index in [2.05, 4.69) is 26.2 Å². The number of hydrogen-bond donors (Lipinski definition) is 2. The highest BCUT2D eigenvalue weighted by molar-refractivity contribution is 7.89. The van der Waals surface area contributed by atoms with Gasteiger partial charge < -0.3 is 5.32 Å². The molecule has 2 N–H and O–H groups in total. The zero-order valence-corrected chi connectivity index (χ0v) is 18.6. The number of hydrogen-bond acceptors (Lipinski definition) is 6. The number of fused-ring (bicyclic) bond motifs is 1. The van der Waals surface area contributed by atoms with Crippen molar-refractivity contribution < 1.29 is 13.2 Å². The van der Waals surface area contributed by atoms with Crippen LogP contribution in [0.25, 0.3) is 5.65 Å². The summed E-state index contributed by atoms with van der Waals surface area (Å²) in [5, 5.41) is 16.1. The molecule has 3 aromatic rings. The van der Waals surface area contributed by atoms with Crippen LogP contribution in [0.3, 0.4) is 0 Å². The zero-order chi connectivity index (χ0) is 22.8. The molecule has 1 aromatic carbocycles. The van der Waals surface area contributed by atoms with Gasteiger partial charge in [-0.05, 0) is 63.9 Å². The topological polar surface area (TPSA) is 129 Å². The van der Waals surface area contributed by atoms with Crippen molar-refractivity contribution in [1.82, 2.24) is 19.3 Å². The van der Waals surface area contributed by atoms with Crippen LogP contribution in [0.4, 0.5) is 5.69 Å². The number of amides is 1. The monoisotopic (exact) mass is 440 g/mol. The molecule has 0 atom stereocenters. The molecular formula is C21H24N6O3S. The minimum Gasteiger partial charge on any atom is -0.326 e. The van der Waals surface area contributed by atoms with Crippen LogP contribution in [0.5, 0.6) is 0 Å². The molecule has 0 unspecified atom stereocenters. The number of anilines is 1. The maximum atomic E-state index is 12.4. The van der Waals surface area contributed by atoms with Crippen molar-refractivity contribution in [2.24, 2.45) is 0 Å². The highest BCUT2D eigenvalue weighted by atomic mass is 32.2. The smallest absolute Gasteiger partial charge is 0.240 e. The Hall–Kier alpha value is -3.29. The van der Waals surface area contributed by atoms with E-state index in [9.17, 15) is 13.2 Å². The van der Waals surface area contributed by atoms with Crippen LogP contribution in [0, 0.1) is 25.2 Å². The lowest BCUT2D eigenvalue weighted by atomic mass is 10.1. The minimum absolute atomic E-state index is 0.140. The number of nitriles is 1. The summed E-state index contributed by atoms with van der Waals surface area (Å²) in [6.07, 6.45) is 2.15. The lowest BCUT2D eigenvalue weighted by Crippen LogP contribution is -2.30. The standard InChI is InChI=1S/C21H24N6O3S/c1-13(2)26-31(29,30)18-7-5-17(6-8-18)25-20(28)10-9-19-14(3)24-21-16(11-22)12-23-27(21)15(19)4/h5-8,12-13,26H,9-10H2,1-4H3,(H,25,28). The van der Waals surface area contributed by atoms with Gasteiger partial charge in [0, 0.05) is 29.5 Å². The van der Waals surface area contributed by atoms with E-state index in [1.54, 1.807) is 30.5 Å². The SMILES string of the molecule is Cc1nc2c(C#N)cnn2c(C)c1CCC(=O)Nc1ccc(S(=O)(=O)NC(C)C)cc1. The Bertz CT molecular complexity index is 1270. The molecule has 3 rings (SSSR count). The van der Waals surface area contributed by atoms with Crippen LogP contribution in [0.15, 0.2) is 35.4 Å². The number of carbonyl (C=O) groups is 1. The first kappa shape index (κ1) is 22.4. The summed E-state index contributed by atoms with van der Waals surface area (Å²) in [5.41, 5.74) is 3.92. The van der Waals surface area contributed by atoms with Gasteiger partial charge in [0.1, 0.15) is 11.6 Å². The number of sulfonamides is 1. The van der Waals surface area contributed by atoms with Gasteiger partial charge in [-0.25, -0.2) is 22.6 Å². The van der Waals surface area contributed by atoms with Crippen LogP contribution in [0.1, 0.15) is 42.8 Å². The van der Waals surface area contributed by atoms with E-state index in [1.807, 2.05) is 13.8 Å². The van der Waals surface area contributed by atoms with Crippen molar-refractivity contribution in [2.75, 3.05) is 5.32 Å². The van der Waals surface area contributed by atoms with E-state index in [1.165, 1.54) is 18.3 Å². The minimum atomic E-state index is -3.58. The van der Waals surface area contributed by atoms with Crippen molar-refractivity contribution >= 4 is 27.3 Å². The third-order valence-electron chi connectivity index (χ3n) is 4.77. The predicted molar refractivity (Wildman–Crippen MR) is 116 cm³/mol. The number of aryl methyl sites for hydroxylation is 2. The molecule has 31 heavy (non-hydrogen) atoms. The molecule has 0 aliphatic carbocycles. The lowest BCUT2D eigenvalue weighted by Gasteiger charge is -2.12. The van der Waals surface area contributed by atoms with Crippen LogP contribution in [-0.2, 0) is 21.2 Å². The van der Waals surface area contributed by atoms with Crippen molar-refractivity contribution in [3.05, 3.63) is 53.0 Å². The molecule has 10 heteroatoms. The van der Waals surface area contributed by atoms with E-state index >= 15 is 0 Å². The Labute approximate surface area is 181 Å². The Morgan fingerprint density at radius 1 is 1.23 bits per heavy atom. The average Bonchev–Trinajstić information content (AvgIpc) is 3.10. The fourth-order valence-corrected chi connectivity index (χ4v) is 4.56. The van der Waals surface area contributed by atoms with Crippen LogP contribution in [-0.4, -0.2) is 35.0 Å². The quantitative estimate of drug-likeness (QED) is 0.581. The molecule has 1 amide bonds. The molecule has 0 spiro atoms. The third-order valence-corrected chi connectivity index (χ3v) is 6.44. The first-order chi connectivity index (χ1) is 14.6. The third kappa shape index (κ3) is 4.90. The maximum Gasteiger partial charge on any atom is 0.240 e. The van der Waals surface area contributed by atoms with E-state index in [0.29, 0.717) is 23.3 Å². The van der Waals surface area contributed by atoms with Gasteiger partial charge in [-0.1, -0.05) is 0 Å². The van der Waals surface area contributed by atoms with Gasteiger partial charge in [-0.2, -0.15) is 10.4 Å². The molecule has 0 bridgehead atoms. The Kier molecular flexibility index (Phi) is 6.38. The summed E-state index contributed by atoms with van der Waals surface area (Å²) in [5.74, 6) is -0.201. The second-order valence-corrected chi connectivity index (χ2v) is 9.23. The van der Waals surface area contributed by atoms with Crippen molar-refractivity contribution in [1.29, 1.82) is 5.26 Å².